The fourth-order valence-corrected chi connectivity index (χ4v) is 2.95. The van der Waals surface area contributed by atoms with Gasteiger partial charge in [-0.25, -0.2) is 0 Å². The second-order valence-electron chi connectivity index (χ2n) is 6.85. The van der Waals surface area contributed by atoms with Crippen molar-refractivity contribution in [2.45, 2.75) is 72.3 Å². The van der Waals surface area contributed by atoms with Crippen LogP contribution in [-0.4, -0.2) is 13.1 Å². The minimum Gasteiger partial charge on any atom is -0.317 e. The molecule has 0 aromatic heterocycles. The van der Waals surface area contributed by atoms with Crippen molar-refractivity contribution in [1.29, 1.82) is 0 Å². The van der Waals surface area contributed by atoms with Gasteiger partial charge in [-0.2, -0.15) is 0 Å². The van der Waals surface area contributed by atoms with Crippen LogP contribution in [0.2, 0.25) is 0 Å². The first kappa shape index (κ1) is 14.0. The molecule has 0 saturated heterocycles. The van der Waals surface area contributed by atoms with Crippen LogP contribution in [-0.2, 0) is 0 Å². The maximum Gasteiger partial charge on any atom is 0.00358 e. The van der Waals surface area contributed by atoms with Crippen LogP contribution >= 0.6 is 0 Å². The molecule has 0 aromatic carbocycles. The van der Waals surface area contributed by atoms with E-state index in [1.807, 2.05) is 0 Å². The SMILES string of the molecule is CNC(C)CCC1CCC(C(C)(C)C)CC1. The Bertz CT molecular complexity index is 184. The van der Waals surface area contributed by atoms with Crippen LogP contribution in [0.25, 0.3) is 0 Å². The highest BCUT2D eigenvalue weighted by Crippen LogP contribution is 2.40. The van der Waals surface area contributed by atoms with Crippen molar-refractivity contribution in [3.05, 3.63) is 0 Å². The minimum atomic E-state index is 0.531. The summed E-state index contributed by atoms with van der Waals surface area (Å²) < 4.78 is 0. The van der Waals surface area contributed by atoms with Crippen LogP contribution in [0.5, 0.6) is 0 Å². The van der Waals surface area contributed by atoms with E-state index in [-0.39, 0.29) is 0 Å². The zero-order valence-electron chi connectivity index (χ0n) is 12.0. The van der Waals surface area contributed by atoms with Gasteiger partial charge in [0.25, 0.3) is 0 Å². The minimum absolute atomic E-state index is 0.531. The molecule has 0 spiro atoms. The van der Waals surface area contributed by atoms with Crippen molar-refractivity contribution in [2.75, 3.05) is 7.05 Å². The molecule has 1 atom stereocenters. The van der Waals surface area contributed by atoms with Crippen LogP contribution in [0.3, 0.4) is 0 Å². The van der Waals surface area contributed by atoms with E-state index in [2.05, 4.69) is 40.1 Å². The first-order chi connectivity index (χ1) is 7.43. The maximum absolute atomic E-state index is 3.34. The fourth-order valence-electron chi connectivity index (χ4n) is 2.95. The van der Waals surface area contributed by atoms with E-state index in [0.717, 1.165) is 11.8 Å². The highest BCUT2D eigenvalue weighted by atomic mass is 14.8. The van der Waals surface area contributed by atoms with Gasteiger partial charge in [-0.15, -0.1) is 0 Å². The van der Waals surface area contributed by atoms with Gasteiger partial charge < -0.3 is 5.32 Å². The van der Waals surface area contributed by atoms with Crippen molar-refractivity contribution in [3.63, 3.8) is 0 Å². The molecule has 1 unspecified atom stereocenters. The molecule has 1 aliphatic carbocycles. The topological polar surface area (TPSA) is 12.0 Å². The van der Waals surface area contributed by atoms with Crippen molar-refractivity contribution in [2.24, 2.45) is 17.3 Å². The fraction of sp³-hybridized carbons (Fsp3) is 1.00. The normalized spacial score (nSPS) is 29.1. The number of hydrogen-bond acceptors (Lipinski definition) is 1. The highest BCUT2D eigenvalue weighted by Gasteiger charge is 2.29. The van der Waals surface area contributed by atoms with E-state index < -0.39 is 0 Å². The van der Waals surface area contributed by atoms with Crippen LogP contribution in [0.4, 0.5) is 0 Å². The number of rotatable bonds is 4. The Hall–Kier alpha value is -0.0400. The van der Waals surface area contributed by atoms with Crippen molar-refractivity contribution < 1.29 is 0 Å². The predicted octanol–water partition coefficient (Wildman–Crippen LogP) is 4.23. The Labute approximate surface area is 102 Å². The van der Waals surface area contributed by atoms with E-state index in [1.165, 1.54) is 38.5 Å². The summed E-state index contributed by atoms with van der Waals surface area (Å²) in [5, 5.41) is 3.34. The van der Waals surface area contributed by atoms with Gasteiger partial charge in [0.2, 0.25) is 0 Å². The third-order valence-electron chi connectivity index (χ3n) is 4.57. The van der Waals surface area contributed by atoms with Gasteiger partial charge in [0.1, 0.15) is 0 Å². The largest absolute Gasteiger partial charge is 0.317 e. The lowest BCUT2D eigenvalue weighted by molar-refractivity contribution is 0.144. The molecule has 0 aliphatic heterocycles. The van der Waals surface area contributed by atoms with E-state index in [9.17, 15) is 0 Å². The quantitative estimate of drug-likeness (QED) is 0.755. The van der Waals surface area contributed by atoms with Gasteiger partial charge in [-0.3, -0.25) is 0 Å². The lowest BCUT2D eigenvalue weighted by Crippen LogP contribution is -2.27. The molecule has 1 rings (SSSR count). The summed E-state index contributed by atoms with van der Waals surface area (Å²) in [6.07, 6.45) is 8.64. The van der Waals surface area contributed by atoms with Gasteiger partial charge in [0.05, 0.1) is 0 Å². The molecular formula is C15H31N. The Kier molecular flexibility index (Phi) is 5.30. The second-order valence-corrected chi connectivity index (χ2v) is 6.85. The molecule has 1 nitrogen and oxygen atoms in total. The summed E-state index contributed by atoms with van der Waals surface area (Å²) >= 11 is 0. The van der Waals surface area contributed by atoms with Gasteiger partial charge in [0, 0.05) is 6.04 Å². The first-order valence-electron chi connectivity index (χ1n) is 7.10. The third-order valence-corrected chi connectivity index (χ3v) is 4.57. The molecule has 96 valence electrons. The summed E-state index contributed by atoms with van der Waals surface area (Å²) in [5.41, 5.74) is 0.531. The number of nitrogens with one attached hydrogen (secondary N) is 1. The first-order valence-corrected chi connectivity index (χ1v) is 7.10. The Morgan fingerprint density at radius 2 is 1.69 bits per heavy atom. The Morgan fingerprint density at radius 3 is 2.12 bits per heavy atom. The zero-order chi connectivity index (χ0) is 12.2. The average molecular weight is 225 g/mol. The lowest BCUT2D eigenvalue weighted by Gasteiger charge is -2.37. The lowest BCUT2D eigenvalue weighted by atomic mass is 9.69. The van der Waals surface area contributed by atoms with E-state index in [4.69, 9.17) is 0 Å². The maximum atomic E-state index is 3.34. The average Bonchev–Trinajstić information content (AvgIpc) is 2.25. The molecule has 16 heavy (non-hydrogen) atoms. The van der Waals surface area contributed by atoms with E-state index in [0.29, 0.717) is 11.5 Å². The summed E-state index contributed by atoms with van der Waals surface area (Å²) in [5.74, 6) is 1.97. The zero-order valence-corrected chi connectivity index (χ0v) is 12.0. The third kappa shape index (κ3) is 4.45. The van der Waals surface area contributed by atoms with Crippen LogP contribution < -0.4 is 5.32 Å². The van der Waals surface area contributed by atoms with Crippen LogP contribution in [0.15, 0.2) is 0 Å². The molecule has 1 aliphatic rings. The van der Waals surface area contributed by atoms with Crippen molar-refractivity contribution in [1.82, 2.24) is 5.32 Å². The Balaban J connectivity index is 2.22. The molecule has 1 saturated carbocycles. The highest BCUT2D eigenvalue weighted by molar-refractivity contribution is 4.80. The van der Waals surface area contributed by atoms with E-state index in [1.54, 1.807) is 0 Å². The van der Waals surface area contributed by atoms with Crippen LogP contribution in [0, 0.1) is 17.3 Å². The molecule has 0 aromatic rings. The second kappa shape index (κ2) is 6.05. The Morgan fingerprint density at radius 1 is 1.12 bits per heavy atom. The summed E-state index contributed by atoms with van der Waals surface area (Å²) in [7, 11) is 2.07. The molecule has 1 heteroatoms. The van der Waals surface area contributed by atoms with Gasteiger partial charge in [-0.1, -0.05) is 33.6 Å². The molecule has 1 fully saturated rings. The van der Waals surface area contributed by atoms with Crippen molar-refractivity contribution >= 4 is 0 Å². The number of hydrogen-bond donors (Lipinski definition) is 1. The predicted molar refractivity (Wildman–Crippen MR) is 72.7 cm³/mol. The molecule has 0 radical (unpaired) electrons. The molecule has 0 amide bonds. The van der Waals surface area contributed by atoms with Gasteiger partial charge >= 0.3 is 0 Å². The van der Waals surface area contributed by atoms with E-state index >= 15 is 0 Å². The summed E-state index contributed by atoms with van der Waals surface area (Å²) in [6, 6.07) is 0.695. The van der Waals surface area contributed by atoms with Crippen molar-refractivity contribution in [3.8, 4) is 0 Å². The monoisotopic (exact) mass is 225 g/mol. The molecule has 1 N–H and O–H groups in total. The standard InChI is InChI=1S/C15H31N/c1-12(16-5)6-7-13-8-10-14(11-9-13)15(2,3)4/h12-14,16H,6-11H2,1-5H3. The molecule has 0 heterocycles. The van der Waals surface area contributed by atoms with Gasteiger partial charge in [0.15, 0.2) is 0 Å². The molecule has 0 bridgehead atoms. The summed E-state index contributed by atoms with van der Waals surface area (Å²) in [6.45, 7) is 9.50. The smallest absolute Gasteiger partial charge is 0.00358 e. The molecular weight excluding hydrogens is 194 g/mol. The summed E-state index contributed by atoms with van der Waals surface area (Å²) in [4.78, 5) is 0. The van der Waals surface area contributed by atoms with Crippen LogP contribution in [0.1, 0.15) is 66.2 Å². The van der Waals surface area contributed by atoms with Gasteiger partial charge in [-0.05, 0) is 56.9 Å².